The molecule has 0 bridgehead atoms. The summed E-state index contributed by atoms with van der Waals surface area (Å²) in [7, 11) is 0. The van der Waals surface area contributed by atoms with Gasteiger partial charge in [-0.2, -0.15) is 0 Å². The Balaban J connectivity index is 2.32. The van der Waals surface area contributed by atoms with Gasteiger partial charge in [0.15, 0.2) is 0 Å². The van der Waals surface area contributed by atoms with Gasteiger partial charge >= 0.3 is 5.97 Å². The predicted molar refractivity (Wildman–Crippen MR) is 76.2 cm³/mol. The van der Waals surface area contributed by atoms with Crippen LogP contribution >= 0.6 is 22.9 Å². The molecule has 0 saturated heterocycles. The van der Waals surface area contributed by atoms with Gasteiger partial charge in [0.25, 0.3) is 0 Å². The number of amides is 1. The summed E-state index contributed by atoms with van der Waals surface area (Å²) in [5, 5.41) is 2.66. The van der Waals surface area contributed by atoms with Crippen molar-refractivity contribution in [3.63, 3.8) is 0 Å². The van der Waals surface area contributed by atoms with Crippen molar-refractivity contribution in [3.8, 4) is 0 Å². The molecule has 0 spiro atoms. The maximum absolute atomic E-state index is 12.0. The van der Waals surface area contributed by atoms with E-state index in [1.54, 1.807) is 13.8 Å². The molecule has 0 fully saturated rings. The molecule has 0 radical (unpaired) electrons. The van der Waals surface area contributed by atoms with E-state index in [1.807, 2.05) is 0 Å². The lowest BCUT2D eigenvalue weighted by molar-refractivity contribution is -0.115. The molecule has 1 N–H and O–H groups in total. The first-order valence-electron chi connectivity index (χ1n) is 6.31. The molecule has 6 heteroatoms. The molecule has 0 aromatic carbocycles. The standard InChI is InChI=1S/C13H16ClNO3S/c1-3-18-13(17)10-8-5-4-6-9(8)19-12(10)15-11(16)7(2)14/h7H,3-6H2,1-2H3,(H,15,16). The highest BCUT2D eigenvalue weighted by atomic mass is 35.5. The smallest absolute Gasteiger partial charge is 0.341 e. The summed E-state index contributed by atoms with van der Waals surface area (Å²) in [4.78, 5) is 24.9. The largest absolute Gasteiger partial charge is 0.462 e. The number of hydrogen-bond acceptors (Lipinski definition) is 4. The molecule has 19 heavy (non-hydrogen) atoms. The Hall–Kier alpha value is -1.07. The lowest BCUT2D eigenvalue weighted by Gasteiger charge is -2.08. The second-order valence-electron chi connectivity index (χ2n) is 4.39. The highest BCUT2D eigenvalue weighted by Gasteiger charge is 2.28. The average Bonchev–Trinajstić information content (AvgIpc) is 2.88. The molecule has 1 atom stereocenters. The Labute approximate surface area is 121 Å². The number of ether oxygens (including phenoxy) is 1. The van der Waals surface area contributed by atoms with Crippen LogP contribution in [0.3, 0.4) is 0 Å². The van der Waals surface area contributed by atoms with Crippen molar-refractivity contribution in [1.29, 1.82) is 0 Å². The molecule has 1 aromatic heterocycles. The number of anilines is 1. The molecule has 1 amide bonds. The maximum atomic E-state index is 12.0. The number of alkyl halides is 1. The molecule has 2 rings (SSSR count). The maximum Gasteiger partial charge on any atom is 0.341 e. The van der Waals surface area contributed by atoms with Crippen LogP contribution in [0.15, 0.2) is 0 Å². The van der Waals surface area contributed by atoms with Gasteiger partial charge in [0.2, 0.25) is 5.91 Å². The summed E-state index contributed by atoms with van der Waals surface area (Å²) in [6.45, 7) is 3.69. The first-order valence-corrected chi connectivity index (χ1v) is 7.56. The summed E-state index contributed by atoms with van der Waals surface area (Å²) in [5.41, 5.74) is 1.55. The molecule has 0 aliphatic heterocycles. The van der Waals surface area contributed by atoms with E-state index >= 15 is 0 Å². The van der Waals surface area contributed by atoms with Crippen LogP contribution in [0.1, 0.15) is 41.1 Å². The Kier molecular flexibility index (Phi) is 4.47. The minimum absolute atomic E-state index is 0.299. The number of nitrogens with one attached hydrogen (secondary N) is 1. The third kappa shape index (κ3) is 2.92. The lowest BCUT2D eigenvalue weighted by Crippen LogP contribution is -2.21. The first kappa shape index (κ1) is 14.3. The fourth-order valence-electron chi connectivity index (χ4n) is 2.12. The van der Waals surface area contributed by atoms with Crippen LogP contribution in [0.25, 0.3) is 0 Å². The Morgan fingerprint density at radius 1 is 1.47 bits per heavy atom. The molecular formula is C13H16ClNO3S. The van der Waals surface area contributed by atoms with Crippen molar-refractivity contribution in [3.05, 3.63) is 16.0 Å². The van der Waals surface area contributed by atoms with Crippen molar-refractivity contribution in [2.75, 3.05) is 11.9 Å². The van der Waals surface area contributed by atoms with E-state index in [9.17, 15) is 9.59 Å². The van der Waals surface area contributed by atoms with Crippen LogP contribution in [0.5, 0.6) is 0 Å². The number of thiophene rings is 1. The number of esters is 1. The SMILES string of the molecule is CCOC(=O)c1c(NC(=O)C(C)Cl)sc2c1CCC2. The normalized spacial score (nSPS) is 14.9. The number of fused-ring (bicyclic) bond motifs is 1. The van der Waals surface area contributed by atoms with Gasteiger partial charge in [0.1, 0.15) is 10.4 Å². The highest BCUT2D eigenvalue weighted by Crippen LogP contribution is 2.39. The minimum atomic E-state index is -0.632. The number of hydrogen-bond donors (Lipinski definition) is 1. The van der Waals surface area contributed by atoms with E-state index in [0.29, 0.717) is 17.2 Å². The zero-order valence-electron chi connectivity index (χ0n) is 10.9. The fourth-order valence-corrected chi connectivity index (χ4v) is 3.46. The quantitative estimate of drug-likeness (QED) is 0.687. The van der Waals surface area contributed by atoms with Gasteiger partial charge in [-0.3, -0.25) is 4.79 Å². The monoisotopic (exact) mass is 301 g/mol. The van der Waals surface area contributed by atoms with Gasteiger partial charge in [-0.15, -0.1) is 22.9 Å². The van der Waals surface area contributed by atoms with Crippen LogP contribution < -0.4 is 5.32 Å². The number of rotatable bonds is 4. The Morgan fingerprint density at radius 2 is 2.21 bits per heavy atom. The van der Waals surface area contributed by atoms with E-state index in [4.69, 9.17) is 16.3 Å². The summed E-state index contributed by atoms with van der Waals surface area (Å²) >= 11 is 7.20. The van der Waals surface area contributed by atoms with Gasteiger partial charge < -0.3 is 10.1 Å². The number of aryl methyl sites for hydroxylation is 1. The molecule has 1 unspecified atom stereocenters. The lowest BCUT2D eigenvalue weighted by atomic mass is 10.1. The van der Waals surface area contributed by atoms with Crippen LogP contribution in [0.2, 0.25) is 0 Å². The molecule has 104 valence electrons. The van der Waals surface area contributed by atoms with Crippen molar-refractivity contribution >= 4 is 39.8 Å². The predicted octanol–water partition coefficient (Wildman–Crippen LogP) is 2.98. The number of halogens is 1. The van der Waals surface area contributed by atoms with Gasteiger partial charge in [-0.05, 0) is 38.7 Å². The van der Waals surface area contributed by atoms with Crippen LogP contribution in [-0.2, 0) is 22.4 Å². The van der Waals surface area contributed by atoms with E-state index < -0.39 is 5.38 Å². The Bertz CT molecular complexity index is 510. The molecule has 0 saturated carbocycles. The van der Waals surface area contributed by atoms with Crippen molar-refractivity contribution < 1.29 is 14.3 Å². The van der Waals surface area contributed by atoms with Gasteiger partial charge in [-0.25, -0.2) is 4.79 Å². The molecule has 1 heterocycles. The Morgan fingerprint density at radius 3 is 2.84 bits per heavy atom. The average molecular weight is 302 g/mol. The zero-order valence-corrected chi connectivity index (χ0v) is 12.5. The highest BCUT2D eigenvalue weighted by molar-refractivity contribution is 7.17. The van der Waals surface area contributed by atoms with Crippen molar-refractivity contribution in [2.45, 2.75) is 38.5 Å². The molecule has 1 aliphatic carbocycles. The summed E-state index contributed by atoms with van der Waals surface area (Å²) in [6.07, 6.45) is 2.87. The van der Waals surface area contributed by atoms with E-state index in [0.717, 1.165) is 24.8 Å². The minimum Gasteiger partial charge on any atom is -0.462 e. The second kappa shape index (κ2) is 5.92. The molecule has 4 nitrogen and oxygen atoms in total. The summed E-state index contributed by atoms with van der Waals surface area (Å²) in [6, 6.07) is 0. The van der Waals surface area contributed by atoms with Crippen LogP contribution in [0.4, 0.5) is 5.00 Å². The molecule has 1 aromatic rings. The van der Waals surface area contributed by atoms with Crippen LogP contribution in [-0.4, -0.2) is 23.9 Å². The summed E-state index contributed by atoms with van der Waals surface area (Å²) in [5.74, 6) is -0.661. The van der Waals surface area contributed by atoms with E-state index in [-0.39, 0.29) is 11.9 Å². The van der Waals surface area contributed by atoms with Crippen molar-refractivity contribution in [1.82, 2.24) is 0 Å². The van der Waals surface area contributed by atoms with Gasteiger partial charge in [0, 0.05) is 4.88 Å². The van der Waals surface area contributed by atoms with Gasteiger partial charge in [-0.1, -0.05) is 0 Å². The number of carbonyl (C=O) groups is 2. The van der Waals surface area contributed by atoms with Crippen LogP contribution in [0, 0.1) is 0 Å². The topological polar surface area (TPSA) is 55.4 Å². The molecular weight excluding hydrogens is 286 g/mol. The molecule has 1 aliphatic rings. The van der Waals surface area contributed by atoms with Crippen molar-refractivity contribution in [2.24, 2.45) is 0 Å². The fraction of sp³-hybridized carbons (Fsp3) is 0.538. The first-order chi connectivity index (χ1) is 9.04. The zero-order chi connectivity index (χ0) is 14.0. The summed E-state index contributed by atoms with van der Waals surface area (Å²) < 4.78 is 5.08. The van der Waals surface area contributed by atoms with E-state index in [1.165, 1.54) is 16.2 Å². The second-order valence-corrected chi connectivity index (χ2v) is 6.15. The third-order valence-corrected chi connectivity index (χ3v) is 4.40. The van der Waals surface area contributed by atoms with E-state index in [2.05, 4.69) is 5.32 Å². The van der Waals surface area contributed by atoms with Gasteiger partial charge in [0.05, 0.1) is 12.2 Å². The number of carbonyl (C=O) groups excluding carboxylic acids is 2. The third-order valence-electron chi connectivity index (χ3n) is 3.00.